The van der Waals surface area contributed by atoms with E-state index in [1.54, 1.807) is 0 Å². The zero-order valence-electron chi connectivity index (χ0n) is 40.1. The molecule has 0 fully saturated rings. The van der Waals surface area contributed by atoms with Gasteiger partial charge in [0.2, 0.25) is 11.9 Å². The molecular weight excluding hydrogens is 901 g/mol. The largest absolute Gasteiger partial charge is 0.278 e. The summed E-state index contributed by atoms with van der Waals surface area (Å²) in [6.07, 6.45) is 0. The Balaban J connectivity index is 0.902. The van der Waals surface area contributed by atoms with Gasteiger partial charge in [-0.3, -0.25) is 9.13 Å². The van der Waals surface area contributed by atoms with Gasteiger partial charge in [0.05, 0.1) is 44.8 Å². The highest BCUT2D eigenvalue weighted by Gasteiger charge is 2.21. The highest BCUT2D eigenvalue weighted by Crippen LogP contribution is 2.39. The lowest BCUT2D eigenvalue weighted by atomic mass is 10.0. The molecule has 0 N–H and O–H groups in total. The maximum absolute atomic E-state index is 5.39. The van der Waals surface area contributed by atoms with Gasteiger partial charge < -0.3 is 0 Å². The molecule has 6 nitrogen and oxygen atoms in total. The first kappa shape index (κ1) is 42.8. The van der Waals surface area contributed by atoms with Gasteiger partial charge in [-0.25, -0.2) is 19.9 Å². The van der Waals surface area contributed by atoms with Gasteiger partial charge in [0.1, 0.15) is 0 Å². The number of hydrogen-bond donors (Lipinski definition) is 0. The molecule has 0 unspecified atom stereocenters. The van der Waals surface area contributed by atoms with Crippen molar-refractivity contribution in [3.63, 3.8) is 0 Å². The van der Waals surface area contributed by atoms with Gasteiger partial charge in [-0.2, -0.15) is 0 Å². The van der Waals surface area contributed by atoms with Crippen LogP contribution in [-0.2, 0) is 0 Å². The molecule has 10 aromatic carbocycles. The van der Waals surface area contributed by atoms with Crippen molar-refractivity contribution in [2.45, 2.75) is 0 Å². The summed E-state index contributed by atoms with van der Waals surface area (Å²) in [5.41, 5.74) is 18.6. The van der Waals surface area contributed by atoms with E-state index in [-0.39, 0.29) is 0 Å². The summed E-state index contributed by atoms with van der Waals surface area (Å²) in [6, 6.07) is 93.9. The number of para-hydroxylation sites is 2. The molecule has 0 atom stereocenters. The molecular formula is C68H44N6. The van der Waals surface area contributed by atoms with Crippen molar-refractivity contribution in [1.29, 1.82) is 0 Å². The second kappa shape index (κ2) is 18.0. The first-order valence-electron chi connectivity index (χ1n) is 25.0. The van der Waals surface area contributed by atoms with Crippen LogP contribution in [0.5, 0.6) is 0 Å². The van der Waals surface area contributed by atoms with E-state index in [4.69, 9.17) is 19.9 Å². The Morgan fingerprint density at radius 2 is 0.446 bits per heavy atom. The van der Waals surface area contributed by atoms with E-state index in [2.05, 4.69) is 252 Å². The fourth-order valence-corrected chi connectivity index (χ4v) is 10.5. The first-order valence-corrected chi connectivity index (χ1v) is 25.0. The van der Waals surface area contributed by atoms with Crippen LogP contribution in [0, 0.1) is 0 Å². The smallest absolute Gasteiger partial charge is 0.235 e. The fourth-order valence-electron chi connectivity index (χ4n) is 10.5. The minimum Gasteiger partial charge on any atom is -0.278 e. The van der Waals surface area contributed by atoms with E-state index in [9.17, 15) is 0 Å². The summed E-state index contributed by atoms with van der Waals surface area (Å²) in [6.45, 7) is 0. The van der Waals surface area contributed by atoms with E-state index < -0.39 is 0 Å². The van der Waals surface area contributed by atoms with Crippen LogP contribution >= 0.6 is 0 Å². The van der Waals surface area contributed by atoms with Crippen molar-refractivity contribution >= 4 is 43.6 Å². The highest BCUT2D eigenvalue weighted by molar-refractivity contribution is 6.12. The van der Waals surface area contributed by atoms with Gasteiger partial charge in [-0.1, -0.05) is 218 Å². The lowest BCUT2D eigenvalue weighted by Gasteiger charge is -2.13. The van der Waals surface area contributed by atoms with Crippen LogP contribution < -0.4 is 0 Å². The fraction of sp³-hybridized carbons (Fsp3) is 0. The van der Waals surface area contributed by atoms with Gasteiger partial charge in [-0.05, 0) is 81.9 Å². The minimum absolute atomic E-state index is 0.610. The molecule has 4 heterocycles. The third-order valence-electron chi connectivity index (χ3n) is 14.2. The van der Waals surface area contributed by atoms with Crippen LogP contribution in [0.3, 0.4) is 0 Å². The SMILES string of the molecule is c1ccc(-c2ccc(-c3cc(-c4ccc(-c5ccccc5)cc4)nc(-n4c5ccccc5c5cc(-c6ccc7c(c6)c6ccccc6n7-c6nc(-c7ccccc7)cc(-c7ccccc7)n6)ccc54)n3)cc2)cc1. The summed E-state index contributed by atoms with van der Waals surface area (Å²) < 4.78 is 4.43. The molecule has 0 spiro atoms. The third-order valence-corrected chi connectivity index (χ3v) is 14.2. The van der Waals surface area contributed by atoms with Crippen LogP contribution in [0.2, 0.25) is 0 Å². The van der Waals surface area contributed by atoms with E-state index in [0.717, 1.165) is 111 Å². The van der Waals surface area contributed by atoms with Crippen LogP contribution in [0.15, 0.2) is 267 Å². The molecule has 0 aliphatic carbocycles. The molecule has 0 saturated carbocycles. The summed E-state index contributed by atoms with van der Waals surface area (Å²) in [5, 5.41) is 4.51. The van der Waals surface area contributed by atoms with E-state index in [1.807, 2.05) is 24.3 Å². The Morgan fingerprint density at radius 1 is 0.189 bits per heavy atom. The Bertz CT molecular complexity index is 4220. The number of nitrogens with zero attached hydrogens (tertiary/aromatic N) is 6. The van der Waals surface area contributed by atoms with Crippen LogP contribution in [0.25, 0.3) is 134 Å². The lowest BCUT2D eigenvalue weighted by molar-refractivity contribution is 0.995. The van der Waals surface area contributed by atoms with Gasteiger partial charge in [0.15, 0.2) is 0 Å². The quantitative estimate of drug-likeness (QED) is 0.145. The Labute approximate surface area is 427 Å². The number of aromatic nitrogens is 6. The summed E-state index contributed by atoms with van der Waals surface area (Å²) >= 11 is 0. The molecule has 14 aromatic rings. The average Bonchev–Trinajstić information content (AvgIpc) is 4.03. The molecule has 0 aliphatic heterocycles. The van der Waals surface area contributed by atoms with E-state index >= 15 is 0 Å². The summed E-state index contributed by atoms with van der Waals surface area (Å²) in [4.78, 5) is 21.3. The van der Waals surface area contributed by atoms with E-state index in [1.165, 1.54) is 11.1 Å². The van der Waals surface area contributed by atoms with Crippen LogP contribution in [-0.4, -0.2) is 29.1 Å². The van der Waals surface area contributed by atoms with Crippen LogP contribution in [0.4, 0.5) is 0 Å². The summed E-state index contributed by atoms with van der Waals surface area (Å²) in [7, 11) is 0. The van der Waals surface area contributed by atoms with Gasteiger partial charge >= 0.3 is 0 Å². The van der Waals surface area contributed by atoms with Crippen molar-refractivity contribution in [3.05, 3.63) is 267 Å². The highest BCUT2D eigenvalue weighted by atomic mass is 15.2. The number of hydrogen-bond acceptors (Lipinski definition) is 4. The van der Waals surface area contributed by atoms with Crippen molar-refractivity contribution in [2.24, 2.45) is 0 Å². The minimum atomic E-state index is 0.610. The second-order valence-corrected chi connectivity index (χ2v) is 18.7. The second-order valence-electron chi connectivity index (χ2n) is 18.7. The zero-order valence-corrected chi connectivity index (χ0v) is 40.1. The van der Waals surface area contributed by atoms with Crippen molar-refractivity contribution in [2.75, 3.05) is 0 Å². The molecule has 14 rings (SSSR count). The first-order chi connectivity index (χ1) is 36.7. The Morgan fingerprint density at radius 3 is 0.811 bits per heavy atom. The topological polar surface area (TPSA) is 61.4 Å². The van der Waals surface area contributed by atoms with Crippen molar-refractivity contribution in [1.82, 2.24) is 29.1 Å². The Hall–Kier alpha value is -10.0. The third kappa shape index (κ3) is 7.61. The maximum Gasteiger partial charge on any atom is 0.235 e. The normalized spacial score (nSPS) is 11.5. The van der Waals surface area contributed by atoms with Gasteiger partial charge in [-0.15, -0.1) is 0 Å². The number of fused-ring (bicyclic) bond motifs is 6. The molecule has 0 aliphatic rings. The molecule has 4 aromatic heterocycles. The molecule has 346 valence electrons. The lowest BCUT2D eigenvalue weighted by Crippen LogP contribution is -2.04. The number of rotatable bonds is 9. The molecule has 0 saturated heterocycles. The molecule has 74 heavy (non-hydrogen) atoms. The molecule has 0 bridgehead atoms. The summed E-state index contributed by atoms with van der Waals surface area (Å²) in [5.74, 6) is 1.24. The van der Waals surface area contributed by atoms with E-state index in [0.29, 0.717) is 11.9 Å². The number of benzene rings is 10. The standard InChI is InChI=1S/C68H44N6/c1-5-17-45(18-6-1)47-29-33-51(34-30-47)61-44-62(52-35-31-48(32-36-52)46-19-7-2-8-20-46)72-68(71-61)74-64-28-16-14-26-56(64)58-42-54(38-40-66(58)74)53-37-39-65-57(41-53)55-25-13-15-27-63(55)73(65)67-69-59(49-21-9-3-10-22-49)43-60(70-67)50-23-11-4-12-24-50/h1-44H. The van der Waals surface area contributed by atoms with Gasteiger partial charge in [0.25, 0.3) is 0 Å². The monoisotopic (exact) mass is 944 g/mol. The van der Waals surface area contributed by atoms with Gasteiger partial charge in [0, 0.05) is 43.8 Å². The predicted molar refractivity (Wildman–Crippen MR) is 304 cm³/mol. The average molecular weight is 945 g/mol. The zero-order chi connectivity index (χ0) is 49.0. The predicted octanol–water partition coefficient (Wildman–Crippen LogP) is 17.1. The maximum atomic E-state index is 5.39. The van der Waals surface area contributed by atoms with Crippen molar-refractivity contribution < 1.29 is 0 Å². The molecule has 6 heteroatoms. The molecule has 0 radical (unpaired) electrons. The van der Waals surface area contributed by atoms with Crippen LogP contribution in [0.1, 0.15) is 0 Å². The molecule has 0 amide bonds. The van der Waals surface area contributed by atoms with Crippen molar-refractivity contribution in [3.8, 4) is 90.3 Å². The Kier molecular flexibility index (Phi) is 10.4.